The van der Waals surface area contributed by atoms with E-state index in [2.05, 4.69) is 4.98 Å². The molecule has 4 nitrogen and oxygen atoms in total. The van der Waals surface area contributed by atoms with Crippen LogP contribution in [0.1, 0.15) is 11.3 Å². The van der Waals surface area contributed by atoms with Crippen molar-refractivity contribution in [3.8, 4) is 0 Å². The van der Waals surface area contributed by atoms with Crippen molar-refractivity contribution >= 4 is 5.69 Å². The number of nitrogen functional groups attached to an aromatic ring is 1. The van der Waals surface area contributed by atoms with Gasteiger partial charge in [0.1, 0.15) is 0 Å². The molecule has 16 heavy (non-hydrogen) atoms. The van der Waals surface area contributed by atoms with Gasteiger partial charge in [-0.15, -0.1) is 0 Å². The predicted molar refractivity (Wildman–Crippen MR) is 63.2 cm³/mol. The Labute approximate surface area is 93.4 Å². The first-order valence-electron chi connectivity index (χ1n) is 5.03. The Bertz CT molecular complexity index is 546. The first-order valence-corrected chi connectivity index (χ1v) is 5.03. The Hall–Kier alpha value is -2.10. The largest absolute Gasteiger partial charge is 0.397 e. The number of nitrogens with zero attached hydrogens (tertiary/aromatic N) is 2. The molecule has 2 N–H and O–H groups in total. The van der Waals surface area contributed by atoms with Gasteiger partial charge in [0.15, 0.2) is 0 Å². The Balaban J connectivity index is 2.36. The zero-order chi connectivity index (χ0) is 11.5. The van der Waals surface area contributed by atoms with Crippen molar-refractivity contribution in [2.75, 3.05) is 5.73 Å². The first kappa shape index (κ1) is 10.4. The van der Waals surface area contributed by atoms with E-state index in [1.165, 1.54) is 6.07 Å². The minimum Gasteiger partial charge on any atom is -0.397 e. The van der Waals surface area contributed by atoms with Crippen LogP contribution in [0.25, 0.3) is 0 Å². The van der Waals surface area contributed by atoms with Crippen LogP contribution in [0.4, 0.5) is 5.69 Å². The van der Waals surface area contributed by atoms with E-state index in [0.717, 1.165) is 11.3 Å². The smallest absolute Gasteiger partial charge is 0.251 e. The van der Waals surface area contributed by atoms with E-state index in [0.29, 0.717) is 12.2 Å². The lowest BCUT2D eigenvalue weighted by molar-refractivity contribution is 0.739. The number of pyridine rings is 2. The summed E-state index contributed by atoms with van der Waals surface area (Å²) in [5, 5.41) is 0. The Morgan fingerprint density at radius 2 is 2.25 bits per heavy atom. The third-order valence-electron chi connectivity index (χ3n) is 2.43. The maximum atomic E-state index is 11.7. The summed E-state index contributed by atoms with van der Waals surface area (Å²) >= 11 is 0. The summed E-state index contributed by atoms with van der Waals surface area (Å²) < 4.78 is 1.56. The fourth-order valence-electron chi connectivity index (χ4n) is 1.47. The molecule has 0 saturated heterocycles. The van der Waals surface area contributed by atoms with Crippen molar-refractivity contribution < 1.29 is 0 Å². The van der Waals surface area contributed by atoms with Crippen molar-refractivity contribution in [1.29, 1.82) is 0 Å². The molecule has 0 aliphatic rings. The van der Waals surface area contributed by atoms with E-state index < -0.39 is 0 Å². The highest BCUT2D eigenvalue weighted by Crippen LogP contribution is 2.06. The number of hydrogen-bond donors (Lipinski definition) is 1. The minimum atomic E-state index is -0.0580. The second-order valence-corrected chi connectivity index (χ2v) is 3.70. The van der Waals surface area contributed by atoms with Crippen LogP contribution in [0, 0.1) is 6.92 Å². The van der Waals surface area contributed by atoms with E-state index >= 15 is 0 Å². The Kier molecular flexibility index (Phi) is 2.72. The van der Waals surface area contributed by atoms with Crippen LogP contribution in [0.5, 0.6) is 0 Å². The van der Waals surface area contributed by atoms with Crippen LogP contribution >= 0.6 is 0 Å². The lowest BCUT2D eigenvalue weighted by Gasteiger charge is -2.07. The van der Waals surface area contributed by atoms with E-state index in [1.54, 1.807) is 17.0 Å². The average Bonchev–Trinajstić information content (AvgIpc) is 2.27. The van der Waals surface area contributed by atoms with Gasteiger partial charge in [0.2, 0.25) is 0 Å². The average molecular weight is 215 g/mol. The van der Waals surface area contributed by atoms with E-state index in [1.807, 2.05) is 25.1 Å². The molecule has 0 radical (unpaired) electrons. The summed E-state index contributed by atoms with van der Waals surface area (Å²) in [5.41, 5.74) is 7.97. The van der Waals surface area contributed by atoms with Gasteiger partial charge < -0.3 is 10.3 Å². The molecule has 0 atom stereocenters. The third kappa shape index (κ3) is 2.11. The van der Waals surface area contributed by atoms with Crippen molar-refractivity contribution in [2.24, 2.45) is 0 Å². The second-order valence-electron chi connectivity index (χ2n) is 3.70. The maximum absolute atomic E-state index is 11.7. The van der Waals surface area contributed by atoms with Gasteiger partial charge in [-0.25, -0.2) is 0 Å². The molecule has 0 bridgehead atoms. The fourth-order valence-corrected chi connectivity index (χ4v) is 1.47. The van der Waals surface area contributed by atoms with Crippen molar-refractivity contribution in [2.45, 2.75) is 13.5 Å². The molecule has 0 aliphatic heterocycles. The van der Waals surface area contributed by atoms with Gasteiger partial charge in [-0.05, 0) is 24.6 Å². The molecule has 0 aromatic carbocycles. The van der Waals surface area contributed by atoms with Gasteiger partial charge in [-0.3, -0.25) is 9.78 Å². The number of aryl methyl sites for hydroxylation is 1. The molecule has 2 rings (SSSR count). The molecular weight excluding hydrogens is 202 g/mol. The SMILES string of the molecule is Cc1cc(=O)n(Cc2ccccn2)cc1N. The van der Waals surface area contributed by atoms with Crippen LogP contribution in [0.15, 0.2) is 41.5 Å². The number of rotatable bonds is 2. The lowest BCUT2D eigenvalue weighted by atomic mass is 10.2. The zero-order valence-electron chi connectivity index (χ0n) is 9.05. The van der Waals surface area contributed by atoms with Crippen LogP contribution in [0.3, 0.4) is 0 Å². The molecular formula is C12H13N3O. The lowest BCUT2D eigenvalue weighted by Crippen LogP contribution is -2.21. The maximum Gasteiger partial charge on any atom is 0.251 e. The zero-order valence-corrected chi connectivity index (χ0v) is 9.05. The molecule has 0 unspecified atom stereocenters. The molecule has 0 fully saturated rings. The van der Waals surface area contributed by atoms with Gasteiger partial charge in [-0.1, -0.05) is 6.07 Å². The summed E-state index contributed by atoms with van der Waals surface area (Å²) in [7, 11) is 0. The molecule has 2 heterocycles. The monoisotopic (exact) mass is 215 g/mol. The minimum absolute atomic E-state index is 0.0580. The van der Waals surface area contributed by atoms with Crippen LogP contribution in [0.2, 0.25) is 0 Å². The summed E-state index contributed by atoms with van der Waals surface area (Å²) in [6.45, 7) is 2.27. The fraction of sp³-hybridized carbons (Fsp3) is 0.167. The number of aromatic nitrogens is 2. The number of anilines is 1. The molecule has 4 heteroatoms. The summed E-state index contributed by atoms with van der Waals surface area (Å²) in [6, 6.07) is 7.15. The molecule has 82 valence electrons. The topological polar surface area (TPSA) is 60.9 Å². The normalized spacial score (nSPS) is 10.3. The van der Waals surface area contributed by atoms with E-state index in [4.69, 9.17) is 5.73 Å². The molecule has 2 aromatic heterocycles. The van der Waals surface area contributed by atoms with Gasteiger partial charge in [0.25, 0.3) is 5.56 Å². The van der Waals surface area contributed by atoms with Gasteiger partial charge >= 0.3 is 0 Å². The number of hydrogen-bond acceptors (Lipinski definition) is 3. The standard InChI is InChI=1S/C12H13N3O/c1-9-6-12(16)15(8-11(9)13)7-10-4-2-3-5-14-10/h2-6,8H,7,13H2,1H3. The van der Waals surface area contributed by atoms with E-state index in [9.17, 15) is 4.79 Å². The molecule has 0 saturated carbocycles. The highest BCUT2D eigenvalue weighted by Gasteiger charge is 2.01. The Morgan fingerprint density at radius 3 is 2.94 bits per heavy atom. The summed E-state index contributed by atoms with van der Waals surface area (Å²) in [5.74, 6) is 0. The van der Waals surface area contributed by atoms with Gasteiger partial charge in [0, 0.05) is 18.5 Å². The van der Waals surface area contributed by atoms with Crippen molar-refractivity contribution in [1.82, 2.24) is 9.55 Å². The number of nitrogens with two attached hydrogens (primary N) is 1. The summed E-state index contributed by atoms with van der Waals surface area (Å²) in [6.07, 6.45) is 3.37. The first-order chi connectivity index (χ1) is 7.66. The van der Waals surface area contributed by atoms with Crippen LogP contribution in [-0.4, -0.2) is 9.55 Å². The quantitative estimate of drug-likeness (QED) is 0.818. The second kappa shape index (κ2) is 4.18. The molecule has 0 amide bonds. The highest BCUT2D eigenvalue weighted by atomic mass is 16.1. The van der Waals surface area contributed by atoms with Gasteiger partial charge in [-0.2, -0.15) is 0 Å². The highest BCUT2D eigenvalue weighted by molar-refractivity contribution is 5.43. The molecule has 2 aromatic rings. The van der Waals surface area contributed by atoms with Crippen LogP contribution in [-0.2, 0) is 6.54 Å². The Morgan fingerprint density at radius 1 is 1.44 bits per heavy atom. The van der Waals surface area contributed by atoms with Crippen molar-refractivity contribution in [3.05, 3.63) is 58.3 Å². The van der Waals surface area contributed by atoms with Gasteiger partial charge in [0.05, 0.1) is 17.9 Å². The third-order valence-corrected chi connectivity index (χ3v) is 2.43. The molecule has 0 spiro atoms. The molecule has 0 aliphatic carbocycles. The van der Waals surface area contributed by atoms with Crippen molar-refractivity contribution in [3.63, 3.8) is 0 Å². The van der Waals surface area contributed by atoms with Crippen LogP contribution < -0.4 is 11.3 Å². The summed E-state index contributed by atoms with van der Waals surface area (Å²) in [4.78, 5) is 15.8. The van der Waals surface area contributed by atoms with E-state index in [-0.39, 0.29) is 5.56 Å². The predicted octanol–water partition coefficient (Wildman–Crippen LogP) is 1.18.